The van der Waals surface area contributed by atoms with Crippen LogP contribution < -0.4 is 4.74 Å². The summed E-state index contributed by atoms with van der Waals surface area (Å²) in [6.45, 7) is 4.68. The predicted octanol–water partition coefficient (Wildman–Crippen LogP) is 13.3. The Morgan fingerprint density at radius 1 is 0.305 bits per heavy atom. The second kappa shape index (κ2) is 13.6. The van der Waals surface area contributed by atoms with Gasteiger partial charge in [0, 0.05) is 33.2 Å². The molecule has 9 aromatic rings. The van der Waals surface area contributed by atoms with Crippen LogP contribution in [-0.4, -0.2) is 15.0 Å². The molecule has 11 rings (SSSR count). The molecule has 0 N–H and O–H groups in total. The molecule has 8 aromatic carbocycles. The van der Waals surface area contributed by atoms with Crippen LogP contribution in [0.4, 0.5) is 0 Å². The molecule has 1 aliphatic heterocycles. The minimum absolute atomic E-state index is 0.195. The molecule has 0 fully saturated rings. The molecule has 4 heteroatoms. The van der Waals surface area contributed by atoms with E-state index >= 15 is 0 Å². The first-order chi connectivity index (χ1) is 29.0. The summed E-state index contributed by atoms with van der Waals surface area (Å²) in [5.41, 5.74) is 13.7. The number of nitrogens with zero attached hydrogens (tertiary/aromatic N) is 3. The van der Waals surface area contributed by atoms with Crippen LogP contribution >= 0.6 is 0 Å². The van der Waals surface area contributed by atoms with Gasteiger partial charge in [0.1, 0.15) is 11.5 Å². The molecule has 2 aliphatic rings. The smallest absolute Gasteiger partial charge is 0.164 e. The van der Waals surface area contributed by atoms with E-state index in [9.17, 15) is 0 Å². The van der Waals surface area contributed by atoms with Crippen LogP contribution in [0.2, 0.25) is 0 Å². The second-order valence-corrected chi connectivity index (χ2v) is 16.0. The molecule has 1 aliphatic carbocycles. The van der Waals surface area contributed by atoms with Crippen molar-refractivity contribution in [1.29, 1.82) is 0 Å². The van der Waals surface area contributed by atoms with Gasteiger partial charge in [0.05, 0.1) is 5.41 Å². The van der Waals surface area contributed by atoms with E-state index in [1.165, 1.54) is 22.3 Å². The highest BCUT2D eigenvalue weighted by Crippen LogP contribution is 2.61. The van der Waals surface area contributed by atoms with Gasteiger partial charge in [0.15, 0.2) is 17.5 Å². The summed E-state index contributed by atoms with van der Waals surface area (Å²) in [6.07, 6.45) is 0. The van der Waals surface area contributed by atoms with Gasteiger partial charge in [-0.25, -0.2) is 15.0 Å². The first kappa shape index (κ1) is 34.8. The normalized spacial score (nSPS) is 14.0. The average Bonchev–Trinajstić information content (AvgIpc) is 3.31. The maximum Gasteiger partial charge on any atom is 0.164 e. The number of hydrogen-bond acceptors (Lipinski definition) is 4. The van der Waals surface area contributed by atoms with Crippen molar-refractivity contribution in [2.45, 2.75) is 24.7 Å². The molecule has 1 aromatic heterocycles. The Morgan fingerprint density at radius 3 is 1.22 bits per heavy atom. The number of fused-ring (bicyclic) bond motifs is 8. The number of aromatic nitrogens is 3. The van der Waals surface area contributed by atoms with Crippen molar-refractivity contribution >= 4 is 0 Å². The molecule has 0 atom stereocenters. The largest absolute Gasteiger partial charge is 0.457 e. The number of ether oxygens (including phenoxy) is 1. The maximum atomic E-state index is 6.94. The average molecular weight is 758 g/mol. The molecular weight excluding hydrogens is 719 g/mol. The van der Waals surface area contributed by atoms with Crippen molar-refractivity contribution < 1.29 is 4.74 Å². The lowest BCUT2D eigenvalue weighted by molar-refractivity contribution is 0.425. The van der Waals surface area contributed by atoms with E-state index in [4.69, 9.17) is 19.7 Å². The van der Waals surface area contributed by atoms with E-state index in [1.54, 1.807) is 0 Å². The molecular formula is C55H39N3O. The Morgan fingerprint density at radius 2 is 0.695 bits per heavy atom. The molecule has 0 saturated heterocycles. The van der Waals surface area contributed by atoms with Gasteiger partial charge in [0.25, 0.3) is 0 Å². The third-order valence-corrected chi connectivity index (χ3v) is 12.3. The first-order valence-corrected chi connectivity index (χ1v) is 20.2. The maximum absolute atomic E-state index is 6.94. The topological polar surface area (TPSA) is 47.9 Å². The number of rotatable bonds is 5. The van der Waals surface area contributed by atoms with Crippen LogP contribution in [0.1, 0.15) is 47.2 Å². The quantitative estimate of drug-likeness (QED) is 0.175. The molecule has 1 spiro atoms. The third kappa shape index (κ3) is 5.55. The van der Waals surface area contributed by atoms with Crippen molar-refractivity contribution in [1.82, 2.24) is 15.0 Å². The number of para-hydroxylation sites is 1. The van der Waals surface area contributed by atoms with Crippen LogP contribution in [0.25, 0.3) is 56.4 Å². The third-order valence-electron chi connectivity index (χ3n) is 12.3. The van der Waals surface area contributed by atoms with E-state index in [0.717, 1.165) is 61.6 Å². The summed E-state index contributed by atoms with van der Waals surface area (Å²) in [5.74, 6) is 3.40. The Bertz CT molecular complexity index is 2910. The van der Waals surface area contributed by atoms with Gasteiger partial charge >= 0.3 is 0 Å². The van der Waals surface area contributed by atoms with Gasteiger partial charge < -0.3 is 4.74 Å². The Kier molecular flexibility index (Phi) is 8.02. The molecule has 0 amide bonds. The van der Waals surface area contributed by atoms with Crippen LogP contribution in [0, 0.1) is 0 Å². The summed E-state index contributed by atoms with van der Waals surface area (Å²) >= 11 is 0. The molecule has 59 heavy (non-hydrogen) atoms. The fourth-order valence-electron chi connectivity index (χ4n) is 9.47. The molecule has 0 bridgehead atoms. The highest BCUT2D eigenvalue weighted by molar-refractivity contribution is 5.79. The Balaban J connectivity index is 1.12. The summed E-state index contributed by atoms with van der Waals surface area (Å²) in [4.78, 5) is 15.6. The standard InChI is InChI=1S/C55H39N3O/c1-54(2)43-25-9-11-27-45(43)55(46-28-12-10-26-44(46)54)47-29-13-14-30-49(47)59-50-35-42(31-32-48(50)55)53-57-51(40-23-15-21-38(33-40)36-17-5-3-6-18-36)56-52(58-53)41-24-16-22-39(34-41)37-19-7-4-8-20-37/h3-35H,1-2H3. The van der Waals surface area contributed by atoms with Crippen LogP contribution in [-0.2, 0) is 10.8 Å². The fraction of sp³-hybridized carbons (Fsp3) is 0.0727. The Labute approximate surface area is 344 Å². The molecule has 0 unspecified atom stereocenters. The van der Waals surface area contributed by atoms with E-state index in [0.29, 0.717) is 17.5 Å². The van der Waals surface area contributed by atoms with Gasteiger partial charge in [-0.3, -0.25) is 0 Å². The van der Waals surface area contributed by atoms with Gasteiger partial charge in [-0.1, -0.05) is 190 Å². The lowest BCUT2D eigenvalue weighted by atomic mass is 9.53. The van der Waals surface area contributed by atoms with E-state index in [-0.39, 0.29) is 5.41 Å². The molecule has 0 radical (unpaired) electrons. The highest BCUT2D eigenvalue weighted by Gasteiger charge is 2.52. The van der Waals surface area contributed by atoms with Gasteiger partial charge in [-0.15, -0.1) is 0 Å². The molecule has 4 nitrogen and oxygen atoms in total. The van der Waals surface area contributed by atoms with Crippen molar-refractivity contribution in [2.75, 3.05) is 0 Å². The van der Waals surface area contributed by atoms with E-state index < -0.39 is 5.41 Å². The van der Waals surface area contributed by atoms with Crippen LogP contribution in [0.15, 0.2) is 200 Å². The van der Waals surface area contributed by atoms with Crippen molar-refractivity contribution in [2.24, 2.45) is 0 Å². The molecule has 0 saturated carbocycles. The SMILES string of the molecule is CC1(C)c2ccccc2C2(c3ccccc3Oc3cc(-c4nc(-c5cccc(-c6ccccc6)c5)nc(-c5cccc(-c6ccccc6)c5)n4)ccc32)c2ccccc21. The monoisotopic (exact) mass is 757 g/mol. The Hall–Kier alpha value is -7.43. The number of hydrogen-bond donors (Lipinski definition) is 0. The number of benzene rings is 8. The van der Waals surface area contributed by atoms with E-state index in [2.05, 4.69) is 202 Å². The zero-order valence-corrected chi connectivity index (χ0v) is 32.8. The van der Waals surface area contributed by atoms with Crippen molar-refractivity contribution in [3.63, 3.8) is 0 Å². The van der Waals surface area contributed by atoms with Crippen molar-refractivity contribution in [3.05, 3.63) is 234 Å². The zero-order chi connectivity index (χ0) is 39.6. The lowest BCUT2D eigenvalue weighted by Gasteiger charge is -2.50. The molecule has 2 heterocycles. The summed E-state index contributed by atoms with van der Waals surface area (Å²) < 4.78 is 6.94. The highest BCUT2D eigenvalue weighted by atomic mass is 16.5. The summed E-state index contributed by atoms with van der Waals surface area (Å²) in [5, 5.41) is 0. The second-order valence-electron chi connectivity index (χ2n) is 16.0. The van der Waals surface area contributed by atoms with Crippen LogP contribution in [0.5, 0.6) is 11.5 Å². The van der Waals surface area contributed by atoms with Crippen molar-refractivity contribution in [3.8, 4) is 67.9 Å². The summed E-state index contributed by atoms with van der Waals surface area (Å²) in [7, 11) is 0. The minimum atomic E-state index is -0.601. The van der Waals surface area contributed by atoms with Gasteiger partial charge in [0.2, 0.25) is 0 Å². The lowest BCUT2D eigenvalue weighted by Crippen LogP contribution is -2.43. The van der Waals surface area contributed by atoms with Gasteiger partial charge in [-0.05, 0) is 68.8 Å². The summed E-state index contributed by atoms with van der Waals surface area (Å²) in [6, 6.07) is 70.6. The molecule has 280 valence electrons. The van der Waals surface area contributed by atoms with E-state index in [1.807, 2.05) is 12.1 Å². The predicted molar refractivity (Wildman–Crippen MR) is 238 cm³/mol. The fourth-order valence-corrected chi connectivity index (χ4v) is 9.47. The van der Waals surface area contributed by atoms with Gasteiger partial charge in [-0.2, -0.15) is 0 Å². The minimum Gasteiger partial charge on any atom is -0.457 e. The zero-order valence-electron chi connectivity index (χ0n) is 32.8. The first-order valence-electron chi connectivity index (χ1n) is 20.2. The van der Waals surface area contributed by atoms with Crippen LogP contribution in [0.3, 0.4) is 0 Å².